The summed E-state index contributed by atoms with van der Waals surface area (Å²) < 4.78 is 0. The zero-order valence-electron chi connectivity index (χ0n) is 14.3. The van der Waals surface area contributed by atoms with Gasteiger partial charge in [-0.2, -0.15) is 5.26 Å². The second-order valence-electron chi connectivity index (χ2n) is 7.40. The second kappa shape index (κ2) is 6.42. The van der Waals surface area contributed by atoms with E-state index in [1.165, 1.54) is 49.0 Å². The predicted octanol–water partition coefficient (Wildman–Crippen LogP) is 4.81. The average Bonchev–Trinajstić information content (AvgIpc) is 3.29. The number of benzene rings is 2. The van der Waals surface area contributed by atoms with Crippen molar-refractivity contribution in [1.82, 2.24) is 4.90 Å². The Morgan fingerprint density at radius 1 is 1.04 bits per heavy atom. The van der Waals surface area contributed by atoms with Gasteiger partial charge in [0.1, 0.15) is 0 Å². The molecule has 1 heterocycles. The fourth-order valence-corrected chi connectivity index (χ4v) is 4.08. The molecule has 2 heteroatoms. The molecule has 0 amide bonds. The number of nitrogens with zero attached hydrogens (tertiary/aromatic N) is 2. The van der Waals surface area contributed by atoms with Crippen molar-refractivity contribution in [2.24, 2.45) is 5.92 Å². The van der Waals surface area contributed by atoms with Crippen molar-refractivity contribution < 1.29 is 0 Å². The first kappa shape index (κ1) is 15.4. The SMILES string of the molecule is C[C@@H]1CCCN1C[C@@H]1C[C@H]1c1ccc(-c2ccc(C#N)cc2)cc1. The molecule has 0 spiro atoms. The van der Waals surface area contributed by atoms with Crippen molar-refractivity contribution in [2.75, 3.05) is 13.1 Å². The number of hydrogen-bond acceptors (Lipinski definition) is 2. The van der Waals surface area contributed by atoms with E-state index in [0.29, 0.717) is 5.56 Å². The summed E-state index contributed by atoms with van der Waals surface area (Å²) in [6.07, 6.45) is 4.09. The molecule has 0 bridgehead atoms. The molecule has 0 N–H and O–H groups in total. The number of likely N-dealkylation sites (tertiary alicyclic amines) is 1. The third kappa shape index (κ3) is 3.09. The van der Waals surface area contributed by atoms with Crippen LogP contribution in [0.4, 0.5) is 0 Å². The average molecular weight is 316 g/mol. The highest BCUT2D eigenvalue weighted by molar-refractivity contribution is 5.64. The van der Waals surface area contributed by atoms with Crippen molar-refractivity contribution in [2.45, 2.75) is 38.1 Å². The molecule has 2 aromatic carbocycles. The molecule has 4 rings (SSSR count). The molecular formula is C22H24N2. The predicted molar refractivity (Wildman–Crippen MR) is 97.7 cm³/mol. The molecule has 0 unspecified atom stereocenters. The Kier molecular flexibility index (Phi) is 4.12. The summed E-state index contributed by atoms with van der Waals surface area (Å²) in [5.74, 6) is 1.61. The molecular weight excluding hydrogens is 292 g/mol. The van der Waals surface area contributed by atoms with Crippen LogP contribution < -0.4 is 0 Å². The normalized spacial score (nSPS) is 26.2. The molecule has 24 heavy (non-hydrogen) atoms. The highest BCUT2D eigenvalue weighted by Gasteiger charge is 2.40. The summed E-state index contributed by atoms with van der Waals surface area (Å²) in [6, 6.07) is 19.8. The minimum absolute atomic E-state index is 0.715. The Morgan fingerprint density at radius 3 is 2.29 bits per heavy atom. The van der Waals surface area contributed by atoms with Crippen LogP contribution in [-0.4, -0.2) is 24.0 Å². The summed E-state index contributed by atoms with van der Waals surface area (Å²) in [7, 11) is 0. The van der Waals surface area contributed by atoms with E-state index < -0.39 is 0 Å². The number of nitriles is 1. The molecule has 2 aromatic rings. The van der Waals surface area contributed by atoms with Gasteiger partial charge >= 0.3 is 0 Å². The number of rotatable bonds is 4. The Labute approximate surface area is 144 Å². The van der Waals surface area contributed by atoms with Gasteiger partial charge in [0.05, 0.1) is 11.6 Å². The largest absolute Gasteiger partial charge is 0.300 e. The summed E-state index contributed by atoms with van der Waals surface area (Å²) in [4.78, 5) is 2.68. The van der Waals surface area contributed by atoms with E-state index in [1.54, 1.807) is 0 Å². The molecule has 2 aliphatic rings. The van der Waals surface area contributed by atoms with Crippen molar-refractivity contribution in [3.8, 4) is 17.2 Å². The van der Waals surface area contributed by atoms with Gasteiger partial charge < -0.3 is 4.90 Å². The van der Waals surface area contributed by atoms with Crippen molar-refractivity contribution in [1.29, 1.82) is 5.26 Å². The Morgan fingerprint density at radius 2 is 1.71 bits per heavy atom. The standard InChI is InChI=1S/C22H24N2/c1-16-3-2-12-24(16)15-21-13-22(21)20-10-8-19(9-11-20)18-6-4-17(14-23)5-7-18/h4-11,16,21-22H,2-3,12-13,15H2,1H3/t16-,21+,22+/m1/s1. The van der Waals surface area contributed by atoms with E-state index in [4.69, 9.17) is 5.26 Å². The summed E-state index contributed by atoms with van der Waals surface area (Å²) in [6.45, 7) is 4.95. The highest BCUT2D eigenvalue weighted by Crippen LogP contribution is 2.48. The van der Waals surface area contributed by atoms with Crippen LogP contribution in [0.15, 0.2) is 48.5 Å². The Bertz CT molecular complexity index is 739. The molecule has 1 aliphatic carbocycles. The molecule has 2 nitrogen and oxygen atoms in total. The third-order valence-corrected chi connectivity index (χ3v) is 5.77. The van der Waals surface area contributed by atoms with Crippen molar-refractivity contribution >= 4 is 0 Å². The van der Waals surface area contributed by atoms with Crippen LogP contribution in [0.2, 0.25) is 0 Å². The van der Waals surface area contributed by atoms with Crippen molar-refractivity contribution in [3.05, 3.63) is 59.7 Å². The summed E-state index contributed by atoms with van der Waals surface area (Å²) in [5.41, 5.74) is 4.61. The molecule has 122 valence electrons. The molecule has 0 aromatic heterocycles. The highest BCUT2D eigenvalue weighted by atomic mass is 15.2. The summed E-state index contributed by atoms with van der Waals surface area (Å²) >= 11 is 0. The van der Waals surface area contributed by atoms with E-state index >= 15 is 0 Å². The van der Waals surface area contributed by atoms with Crippen LogP contribution in [0.5, 0.6) is 0 Å². The lowest BCUT2D eigenvalue weighted by atomic mass is 10.0. The van der Waals surface area contributed by atoms with E-state index in [9.17, 15) is 0 Å². The molecule has 1 aliphatic heterocycles. The lowest BCUT2D eigenvalue weighted by Gasteiger charge is -2.20. The van der Waals surface area contributed by atoms with E-state index in [2.05, 4.69) is 42.2 Å². The van der Waals surface area contributed by atoms with Gasteiger partial charge in [0.15, 0.2) is 0 Å². The minimum atomic E-state index is 0.715. The van der Waals surface area contributed by atoms with Gasteiger partial charge in [-0.15, -0.1) is 0 Å². The van der Waals surface area contributed by atoms with Gasteiger partial charge in [0, 0.05) is 12.6 Å². The quantitative estimate of drug-likeness (QED) is 0.809. The van der Waals surface area contributed by atoms with Crippen LogP contribution in [0.3, 0.4) is 0 Å². The summed E-state index contributed by atoms with van der Waals surface area (Å²) in [5, 5.41) is 8.89. The van der Waals surface area contributed by atoms with Gasteiger partial charge in [0.25, 0.3) is 0 Å². The Balaban J connectivity index is 1.40. The molecule has 3 atom stereocenters. The van der Waals surface area contributed by atoms with Gasteiger partial charge in [-0.3, -0.25) is 0 Å². The molecule has 1 saturated carbocycles. The van der Waals surface area contributed by atoms with E-state index in [1.807, 2.05) is 24.3 Å². The third-order valence-electron chi connectivity index (χ3n) is 5.77. The molecule has 1 saturated heterocycles. The minimum Gasteiger partial charge on any atom is -0.300 e. The van der Waals surface area contributed by atoms with E-state index in [0.717, 1.165) is 17.9 Å². The van der Waals surface area contributed by atoms with Gasteiger partial charge in [-0.1, -0.05) is 36.4 Å². The lowest BCUT2D eigenvalue weighted by Crippen LogP contribution is -2.29. The van der Waals surface area contributed by atoms with Gasteiger partial charge in [-0.25, -0.2) is 0 Å². The smallest absolute Gasteiger partial charge is 0.0991 e. The van der Waals surface area contributed by atoms with Gasteiger partial charge in [0.2, 0.25) is 0 Å². The topological polar surface area (TPSA) is 27.0 Å². The van der Waals surface area contributed by atoms with Crippen LogP contribution in [0.25, 0.3) is 11.1 Å². The monoisotopic (exact) mass is 316 g/mol. The maximum Gasteiger partial charge on any atom is 0.0991 e. The lowest BCUT2D eigenvalue weighted by molar-refractivity contribution is 0.256. The van der Waals surface area contributed by atoms with Crippen LogP contribution in [0, 0.1) is 17.2 Å². The van der Waals surface area contributed by atoms with E-state index in [-0.39, 0.29) is 0 Å². The van der Waals surface area contributed by atoms with Crippen molar-refractivity contribution in [3.63, 3.8) is 0 Å². The second-order valence-corrected chi connectivity index (χ2v) is 7.40. The maximum absolute atomic E-state index is 8.89. The van der Waals surface area contributed by atoms with Gasteiger partial charge in [-0.05, 0) is 73.4 Å². The Hall–Kier alpha value is -2.11. The first-order valence-electron chi connectivity index (χ1n) is 9.09. The van der Waals surface area contributed by atoms with Crippen LogP contribution in [0.1, 0.15) is 43.2 Å². The fourth-order valence-electron chi connectivity index (χ4n) is 4.08. The molecule has 0 radical (unpaired) electrons. The first-order valence-corrected chi connectivity index (χ1v) is 9.09. The van der Waals surface area contributed by atoms with Crippen LogP contribution in [-0.2, 0) is 0 Å². The zero-order chi connectivity index (χ0) is 16.5. The first-order chi connectivity index (χ1) is 11.7. The van der Waals surface area contributed by atoms with Crippen LogP contribution >= 0.6 is 0 Å². The molecule has 2 fully saturated rings. The maximum atomic E-state index is 8.89. The zero-order valence-corrected chi connectivity index (χ0v) is 14.3. The number of hydrogen-bond donors (Lipinski definition) is 0. The fraction of sp³-hybridized carbons (Fsp3) is 0.409.